The second kappa shape index (κ2) is 6.09. The van der Waals surface area contributed by atoms with Crippen LogP contribution in [0.1, 0.15) is 18.4 Å². The lowest BCUT2D eigenvalue weighted by Gasteiger charge is -2.19. The molecule has 2 aliphatic rings. The number of rotatable bonds is 3. The zero-order valence-corrected chi connectivity index (χ0v) is 12.0. The van der Waals surface area contributed by atoms with Crippen LogP contribution in [-0.2, 0) is 9.59 Å². The number of hydrogen-bond donors (Lipinski definition) is 1. The van der Waals surface area contributed by atoms with Gasteiger partial charge in [0.25, 0.3) is 0 Å². The van der Waals surface area contributed by atoms with Crippen molar-refractivity contribution in [2.75, 3.05) is 19.8 Å². The zero-order valence-electron chi connectivity index (χ0n) is 12.0. The number of nitrogens with zero attached hydrogens (tertiary/aromatic N) is 1. The van der Waals surface area contributed by atoms with Crippen LogP contribution in [0.15, 0.2) is 24.3 Å². The first kappa shape index (κ1) is 14.4. The molecule has 0 radical (unpaired) electrons. The van der Waals surface area contributed by atoms with Gasteiger partial charge in [-0.15, -0.1) is 0 Å². The monoisotopic (exact) mass is 303 g/mol. The summed E-state index contributed by atoms with van der Waals surface area (Å²) in [7, 11) is 0. The molecule has 0 aromatic heterocycles. The molecule has 0 spiro atoms. The number of likely N-dealkylation sites (tertiary alicyclic amines) is 1. The first-order valence-electron chi connectivity index (χ1n) is 7.26. The highest BCUT2D eigenvalue weighted by Gasteiger charge is 2.32. The van der Waals surface area contributed by atoms with E-state index in [1.165, 1.54) is 11.0 Å². The molecule has 1 N–H and O–H groups in total. The molecular formula is C16H17NO5. The van der Waals surface area contributed by atoms with E-state index in [9.17, 15) is 9.59 Å². The standard InChI is InChI=1S/C16H17NO5/c18-15(17-7-1-2-12(17)16(19)20)6-4-11-3-5-13-14(10-11)22-9-8-21-13/h3-6,10,12H,1-2,7-9H2,(H,19,20)/t12-/m1/s1. The molecule has 2 heterocycles. The summed E-state index contributed by atoms with van der Waals surface area (Å²) in [6.07, 6.45) is 4.31. The van der Waals surface area contributed by atoms with Gasteiger partial charge >= 0.3 is 5.97 Å². The van der Waals surface area contributed by atoms with Gasteiger partial charge in [0.15, 0.2) is 11.5 Å². The van der Waals surface area contributed by atoms with Crippen LogP contribution in [0.25, 0.3) is 6.08 Å². The predicted octanol–water partition coefficient (Wildman–Crippen LogP) is 1.55. The lowest BCUT2D eigenvalue weighted by atomic mass is 10.1. The van der Waals surface area contributed by atoms with E-state index in [4.69, 9.17) is 14.6 Å². The Morgan fingerprint density at radius 2 is 2.00 bits per heavy atom. The fourth-order valence-electron chi connectivity index (χ4n) is 2.71. The lowest BCUT2D eigenvalue weighted by Crippen LogP contribution is -2.39. The van der Waals surface area contributed by atoms with Crippen molar-refractivity contribution in [1.82, 2.24) is 4.90 Å². The summed E-state index contributed by atoms with van der Waals surface area (Å²) in [6.45, 7) is 1.53. The maximum absolute atomic E-state index is 12.1. The predicted molar refractivity (Wildman–Crippen MR) is 78.8 cm³/mol. The molecule has 22 heavy (non-hydrogen) atoms. The minimum atomic E-state index is -0.946. The van der Waals surface area contributed by atoms with E-state index in [0.717, 1.165) is 12.0 Å². The molecule has 1 aromatic carbocycles. The number of carbonyl (C=O) groups is 2. The van der Waals surface area contributed by atoms with E-state index >= 15 is 0 Å². The normalized spacial score (nSPS) is 20.4. The largest absolute Gasteiger partial charge is 0.486 e. The first-order chi connectivity index (χ1) is 10.6. The van der Waals surface area contributed by atoms with Gasteiger partial charge in [-0.3, -0.25) is 4.79 Å². The van der Waals surface area contributed by atoms with Crippen molar-refractivity contribution >= 4 is 18.0 Å². The van der Waals surface area contributed by atoms with Crippen molar-refractivity contribution in [3.05, 3.63) is 29.8 Å². The van der Waals surface area contributed by atoms with E-state index in [1.54, 1.807) is 18.2 Å². The molecule has 0 unspecified atom stereocenters. The zero-order chi connectivity index (χ0) is 15.5. The number of fused-ring (bicyclic) bond motifs is 1. The van der Waals surface area contributed by atoms with E-state index < -0.39 is 12.0 Å². The van der Waals surface area contributed by atoms with Gasteiger partial charge in [-0.2, -0.15) is 0 Å². The van der Waals surface area contributed by atoms with Gasteiger partial charge < -0.3 is 19.5 Å². The summed E-state index contributed by atoms with van der Waals surface area (Å²) in [5.74, 6) is 0.129. The van der Waals surface area contributed by atoms with Crippen LogP contribution in [0, 0.1) is 0 Å². The maximum atomic E-state index is 12.1. The van der Waals surface area contributed by atoms with Crippen LogP contribution in [-0.4, -0.2) is 47.7 Å². The van der Waals surface area contributed by atoms with Gasteiger partial charge in [0.2, 0.25) is 5.91 Å². The lowest BCUT2D eigenvalue weighted by molar-refractivity contribution is -0.146. The van der Waals surface area contributed by atoms with Crippen molar-refractivity contribution in [3.8, 4) is 11.5 Å². The van der Waals surface area contributed by atoms with Crippen LogP contribution in [0.5, 0.6) is 11.5 Å². The number of hydrogen-bond acceptors (Lipinski definition) is 4. The van der Waals surface area contributed by atoms with Crippen molar-refractivity contribution in [2.24, 2.45) is 0 Å². The molecule has 0 saturated carbocycles. The quantitative estimate of drug-likeness (QED) is 0.857. The van der Waals surface area contributed by atoms with Crippen LogP contribution in [0.4, 0.5) is 0 Å². The van der Waals surface area contributed by atoms with E-state index in [2.05, 4.69) is 0 Å². The topological polar surface area (TPSA) is 76.1 Å². The van der Waals surface area contributed by atoms with Crippen molar-refractivity contribution < 1.29 is 24.2 Å². The average molecular weight is 303 g/mol. The third-order valence-corrected chi connectivity index (χ3v) is 3.81. The number of carboxylic acids is 1. The SMILES string of the molecule is O=C(O)[C@H]1CCCN1C(=O)C=Cc1ccc2c(c1)OCCO2. The Balaban J connectivity index is 1.71. The minimum Gasteiger partial charge on any atom is -0.486 e. The van der Waals surface area contributed by atoms with Gasteiger partial charge in [-0.05, 0) is 36.6 Å². The molecule has 6 heteroatoms. The number of carboxylic acid groups (broad SMARTS) is 1. The Labute approximate surface area is 127 Å². The Bertz CT molecular complexity index is 625. The molecule has 0 aliphatic carbocycles. The molecule has 6 nitrogen and oxygen atoms in total. The highest BCUT2D eigenvalue weighted by Crippen LogP contribution is 2.31. The van der Waals surface area contributed by atoms with Crippen molar-refractivity contribution in [1.29, 1.82) is 0 Å². The Kier molecular flexibility index (Phi) is 4.00. The van der Waals surface area contributed by atoms with Crippen molar-refractivity contribution in [2.45, 2.75) is 18.9 Å². The van der Waals surface area contributed by atoms with E-state index in [0.29, 0.717) is 37.7 Å². The van der Waals surface area contributed by atoms with Crippen molar-refractivity contribution in [3.63, 3.8) is 0 Å². The third-order valence-electron chi connectivity index (χ3n) is 3.81. The van der Waals surface area contributed by atoms with Crippen LogP contribution < -0.4 is 9.47 Å². The molecule has 3 rings (SSSR count). The summed E-state index contributed by atoms with van der Waals surface area (Å²) in [4.78, 5) is 24.6. The number of ether oxygens (including phenoxy) is 2. The maximum Gasteiger partial charge on any atom is 0.326 e. The Morgan fingerprint density at radius 1 is 1.23 bits per heavy atom. The summed E-state index contributed by atoms with van der Waals surface area (Å²) in [6, 6.07) is 4.72. The summed E-state index contributed by atoms with van der Waals surface area (Å²) < 4.78 is 10.9. The fraction of sp³-hybridized carbons (Fsp3) is 0.375. The highest BCUT2D eigenvalue weighted by molar-refractivity contribution is 5.94. The van der Waals surface area contributed by atoms with Gasteiger partial charge in [-0.1, -0.05) is 6.07 Å². The van der Waals surface area contributed by atoms with Gasteiger partial charge in [0.05, 0.1) is 0 Å². The van der Waals surface area contributed by atoms with Gasteiger partial charge in [0, 0.05) is 12.6 Å². The molecule has 1 amide bonds. The number of amides is 1. The second-order valence-corrected chi connectivity index (χ2v) is 5.26. The second-order valence-electron chi connectivity index (χ2n) is 5.26. The number of carbonyl (C=O) groups excluding carboxylic acids is 1. The van der Waals surface area contributed by atoms with E-state index in [1.807, 2.05) is 6.07 Å². The minimum absolute atomic E-state index is 0.278. The fourth-order valence-corrected chi connectivity index (χ4v) is 2.71. The molecular weight excluding hydrogens is 286 g/mol. The summed E-state index contributed by atoms with van der Waals surface area (Å²) in [5, 5.41) is 9.10. The van der Waals surface area contributed by atoms with Crippen LogP contribution in [0.3, 0.4) is 0 Å². The summed E-state index contributed by atoms with van der Waals surface area (Å²) >= 11 is 0. The highest BCUT2D eigenvalue weighted by atomic mass is 16.6. The summed E-state index contributed by atoms with van der Waals surface area (Å²) in [5.41, 5.74) is 0.809. The van der Waals surface area contributed by atoms with Crippen LogP contribution in [0.2, 0.25) is 0 Å². The smallest absolute Gasteiger partial charge is 0.326 e. The van der Waals surface area contributed by atoms with Gasteiger partial charge in [-0.25, -0.2) is 4.79 Å². The number of benzene rings is 1. The van der Waals surface area contributed by atoms with E-state index in [-0.39, 0.29) is 5.91 Å². The van der Waals surface area contributed by atoms with Crippen LogP contribution >= 0.6 is 0 Å². The Hall–Kier alpha value is -2.50. The molecule has 1 fully saturated rings. The molecule has 1 atom stereocenters. The molecule has 0 bridgehead atoms. The molecule has 1 saturated heterocycles. The molecule has 1 aromatic rings. The number of aliphatic carboxylic acids is 1. The van der Waals surface area contributed by atoms with Gasteiger partial charge in [0.1, 0.15) is 19.3 Å². The third kappa shape index (κ3) is 2.90. The first-order valence-corrected chi connectivity index (χ1v) is 7.26. The average Bonchev–Trinajstić information content (AvgIpc) is 3.02. The molecule has 2 aliphatic heterocycles. The molecule has 116 valence electrons. The Morgan fingerprint density at radius 3 is 2.77 bits per heavy atom.